The third-order valence-electron chi connectivity index (χ3n) is 2.77. The smallest absolute Gasteiger partial charge is 0.351 e. The molecule has 11 heteroatoms. The second-order valence-electron chi connectivity index (χ2n) is 4.80. The van der Waals surface area contributed by atoms with E-state index in [1.165, 1.54) is 13.8 Å². The molecule has 0 aromatic rings. The molecule has 0 spiro atoms. The van der Waals surface area contributed by atoms with Crippen molar-refractivity contribution in [2.24, 2.45) is 0 Å². The van der Waals surface area contributed by atoms with Gasteiger partial charge in [0.1, 0.15) is 12.2 Å². The Bertz CT molecular complexity index is 516. The number of nitrogens with one attached hydrogen (secondary N) is 1. The van der Waals surface area contributed by atoms with Crippen LogP contribution in [0.2, 0.25) is 0 Å². The van der Waals surface area contributed by atoms with E-state index in [1.807, 2.05) is 0 Å². The van der Waals surface area contributed by atoms with E-state index < -0.39 is 52.2 Å². The molecule has 1 amide bonds. The lowest BCUT2D eigenvalue weighted by Gasteiger charge is -2.30. The lowest BCUT2D eigenvalue weighted by Crippen LogP contribution is -2.57. The second kappa shape index (κ2) is 4.55. The number of alkyl halides is 3. The zero-order valence-corrected chi connectivity index (χ0v) is 11.2. The van der Waals surface area contributed by atoms with Crippen LogP contribution in [0.5, 0.6) is 0 Å². The summed E-state index contributed by atoms with van der Waals surface area (Å²) >= 11 is 0. The highest BCUT2D eigenvalue weighted by molar-refractivity contribution is 7.87. The van der Waals surface area contributed by atoms with Gasteiger partial charge >= 0.3 is 15.6 Å². The van der Waals surface area contributed by atoms with Crippen molar-refractivity contribution in [1.82, 2.24) is 5.32 Å². The fraction of sp³-hybridized carbons (Fsp3) is 0.889. The van der Waals surface area contributed by atoms with Crippen LogP contribution in [0.3, 0.4) is 0 Å². The standard InChI is InChI=1S/C9H12F3NO6S/c1-8(2)17-5-4(3-13-7(14)6(5)18-8)19-20(15,16)9(10,11)12/h4-6H,3H2,1-2H3,(H,13,14)/t4-,5-,6-/m1/s1. The Balaban J connectivity index is 2.20. The van der Waals surface area contributed by atoms with Crippen molar-refractivity contribution in [3.8, 4) is 0 Å². The summed E-state index contributed by atoms with van der Waals surface area (Å²) in [5.74, 6) is -1.81. The fourth-order valence-electron chi connectivity index (χ4n) is 1.99. The predicted octanol–water partition coefficient (Wildman–Crippen LogP) is -0.129. The van der Waals surface area contributed by atoms with Gasteiger partial charge in [-0.2, -0.15) is 21.6 Å². The summed E-state index contributed by atoms with van der Waals surface area (Å²) in [5, 5.41) is 2.21. The van der Waals surface area contributed by atoms with E-state index in [0.29, 0.717) is 0 Å². The first-order valence-electron chi connectivity index (χ1n) is 5.56. The fourth-order valence-corrected chi connectivity index (χ4v) is 2.60. The molecule has 1 N–H and O–H groups in total. The summed E-state index contributed by atoms with van der Waals surface area (Å²) < 4.78 is 73.4. The molecule has 2 saturated heterocycles. The summed E-state index contributed by atoms with van der Waals surface area (Å²) in [6.07, 6.45) is -3.95. The highest BCUT2D eigenvalue weighted by Gasteiger charge is 2.56. The zero-order chi connectivity index (χ0) is 15.3. The van der Waals surface area contributed by atoms with Gasteiger partial charge in [0.05, 0.1) is 0 Å². The summed E-state index contributed by atoms with van der Waals surface area (Å²) in [6.45, 7) is 2.48. The van der Waals surface area contributed by atoms with Crippen molar-refractivity contribution in [3.05, 3.63) is 0 Å². The minimum Gasteiger partial charge on any atom is -0.351 e. The van der Waals surface area contributed by atoms with Crippen LogP contribution in [0, 0.1) is 0 Å². The molecule has 0 radical (unpaired) electrons. The molecule has 2 aliphatic heterocycles. The molecule has 0 saturated carbocycles. The number of carbonyl (C=O) groups excluding carboxylic acids is 1. The molecule has 2 aliphatic rings. The first-order chi connectivity index (χ1) is 8.93. The van der Waals surface area contributed by atoms with Crippen LogP contribution in [0.25, 0.3) is 0 Å². The Hall–Kier alpha value is -0.910. The van der Waals surface area contributed by atoms with Gasteiger partial charge in [-0.3, -0.25) is 8.98 Å². The van der Waals surface area contributed by atoms with Gasteiger partial charge in [-0.1, -0.05) is 0 Å². The van der Waals surface area contributed by atoms with Gasteiger partial charge in [0.25, 0.3) is 5.91 Å². The maximum absolute atomic E-state index is 12.3. The third kappa shape index (κ3) is 2.75. The maximum Gasteiger partial charge on any atom is 0.523 e. The van der Waals surface area contributed by atoms with Crippen molar-refractivity contribution in [3.63, 3.8) is 0 Å². The molecule has 0 unspecified atom stereocenters. The zero-order valence-electron chi connectivity index (χ0n) is 10.4. The summed E-state index contributed by atoms with van der Waals surface area (Å²) in [5.41, 5.74) is -5.54. The van der Waals surface area contributed by atoms with E-state index in [-0.39, 0.29) is 0 Å². The minimum atomic E-state index is -5.78. The predicted molar refractivity (Wildman–Crippen MR) is 56.7 cm³/mol. The number of halogens is 3. The minimum absolute atomic E-state index is 0.422. The van der Waals surface area contributed by atoms with E-state index >= 15 is 0 Å². The molecule has 2 heterocycles. The Morgan fingerprint density at radius 2 is 1.95 bits per heavy atom. The molecular formula is C9H12F3NO6S. The van der Waals surface area contributed by atoms with Crippen molar-refractivity contribution < 1.29 is 40.0 Å². The van der Waals surface area contributed by atoms with Crippen molar-refractivity contribution >= 4 is 16.0 Å². The van der Waals surface area contributed by atoms with E-state index in [1.54, 1.807) is 0 Å². The van der Waals surface area contributed by atoms with Crippen LogP contribution < -0.4 is 5.32 Å². The Kier molecular flexibility index (Phi) is 3.52. The number of carbonyl (C=O) groups is 1. The number of piperidine rings is 1. The number of hydrogen-bond donors (Lipinski definition) is 1. The SMILES string of the molecule is CC1(C)O[C@@H]2[C@H](OS(=O)(=O)C(F)(F)F)CNC(=O)[C@@H]2O1. The normalized spacial score (nSPS) is 33.6. The van der Waals surface area contributed by atoms with Gasteiger partial charge in [-0.25, -0.2) is 0 Å². The highest BCUT2D eigenvalue weighted by Crippen LogP contribution is 2.35. The van der Waals surface area contributed by atoms with Crippen LogP contribution in [-0.2, 0) is 28.6 Å². The number of hydrogen-bond acceptors (Lipinski definition) is 6. The number of amides is 1. The van der Waals surface area contributed by atoms with Crippen LogP contribution >= 0.6 is 0 Å². The summed E-state index contributed by atoms with van der Waals surface area (Å²) in [6, 6.07) is 0. The first kappa shape index (κ1) is 15.5. The summed E-state index contributed by atoms with van der Waals surface area (Å²) in [7, 11) is -5.78. The molecule has 7 nitrogen and oxygen atoms in total. The number of ether oxygens (including phenoxy) is 2. The molecular weight excluding hydrogens is 307 g/mol. The van der Waals surface area contributed by atoms with Crippen LogP contribution in [0.4, 0.5) is 13.2 Å². The molecule has 0 bridgehead atoms. The number of fused-ring (bicyclic) bond motifs is 1. The van der Waals surface area contributed by atoms with Crippen LogP contribution in [0.1, 0.15) is 13.8 Å². The monoisotopic (exact) mass is 319 g/mol. The van der Waals surface area contributed by atoms with Gasteiger partial charge in [0, 0.05) is 6.54 Å². The first-order valence-corrected chi connectivity index (χ1v) is 6.97. The van der Waals surface area contributed by atoms with Gasteiger partial charge < -0.3 is 14.8 Å². The van der Waals surface area contributed by atoms with E-state index in [4.69, 9.17) is 9.47 Å². The third-order valence-corrected chi connectivity index (χ3v) is 3.83. The lowest BCUT2D eigenvalue weighted by molar-refractivity contribution is -0.156. The maximum atomic E-state index is 12.3. The molecule has 0 aliphatic carbocycles. The highest BCUT2D eigenvalue weighted by atomic mass is 32.2. The Morgan fingerprint density at radius 1 is 1.35 bits per heavy atom. The van der Waals surface area contributed by atoms with Gasteiger partial charge in [-0.15, -0.1) is 0 Å². The van der Waals surface area contributed by atoms with Crippen molar-refractivity contribution in [2.45, 2.75) is 43.5 Å². The molecule has 0 aromatic heterocycles. The molecule has 2 rings (SSSR count). The van der Waals surface area contributed by atoms with Gasteiger partial charge in [-0.05, 0) is 13.8 Å². The molecule has 20 heavy (non-hydrogen) atoms. The van der Waals surface area contributed by atoms with Crippen LogP contribution in [-0.4, -0.2) is 50.5 Å². The van der Waals surface area contributed by atoms with Crippen molar-refractivity contribution in [2.75, 3.05) is 6.54 Å². The van der Waals surface area contributed by atoms with E-state index in [9.17, 15) is 26.4 Å². The molecule has 3 atom stereocenters. The Morgan fingerprint density at radius 3 is 2.50 bits per heavy atom. The largest absolute Gasteiger partial charge is 0.523 e. The van der Waals surface area contributed by atoms with Gasteiger partial charge in [0.2, 0.25) is 0 Å². The lowest BCUT2D eigenvalue weighted by atomic mass is 10.0. The molecule has 2 fully saturated rings. The number of rotatable bonds is 2. The molecule has 0 aromatic carbocycles. The summed E-state index contributed by atoms with van der Waals surface area (Å²) in [4.78, 5) is 11.5. The second-order valence-corrected chi connectivity index (χ2v) is 6.36. The topological polar surface area (TPSA) is 90.9 Å². The van der Waals surface area contributed by atoms with Crippen LogP contribution in [0.15, 0.2) is 0 Å². The van der Waals surface area contributed by atoms with E-state index in [2.05, 4.69) is 9.50 Å². The quantitative estimate of drug-likeness (QED) is 0.563. The van der Waals surface area contributed by atoms with E-state index in [0.717, 1.165) is 0 Å². The van der Waals surface area contributed by atoms with Gasteiger partial charge in [0.15, 0.2) is 11.9 Å². The average molecular weight is 319 g/mol. The van der Waals surface area contributed by atoms with Crippen molar-refractivity contribution in [1.29, 1.82) is 0 Å². The Labute approximate surface area is 112 Å². The average Bonchev–Trinajstić information content (AvgIpc) is 2.57. The molecule has 116 valence electrons.